The second-order valence-electron chi connectivity index (χ2n) is 6.18. The summed E-state index contributed by atoms with van der Waals surface area (Å²) >= 11 is 0. The quantitative estimate of drug-likeness (QED) is 0.261. The molecule has 0 saturated heterocycles. The average molecular weight is 486 g/mol. The van der Waals surface area contributed by atoms with Gasteiger partial charge >= 0.3 is 0 Å². The normalized spacial score (nSPS) is 11.1. The zero-order valence-electron chi connectivity index (χ0n) is 16.0. The van der Waals surface area contributed by atoms with Gasteiger partial charge in [-0.05, 0) is 43.9 Å². The molecule has 0 bridgehead atoms. The van der Waals surface area contributed by atoms with E-state index in [0.717, 1.165) is 11.3 Å². The molecule has 0 radical (unpaired) electrons. The van der Waals surface area contributed by atoms with Crippen LogP contribution in [-0.2, 0) is 13.1 Å². The Balaban J connectivity index is 0.00000364. The lowest BCUT2D eigenvalue weighted by molar-refractivity contribution is 0.322. The van der Waals surface area contributed by atoms with Crippen molar-refractivity contribution in [2.75, 3.05) is 34.3 Å². The molecule has 2 aromatic carbocycles. The molecule has 2 aromatic rings. The molecule has 0 amide bonds. The number of para-hydroxylation sites is 1. The highest BCUT2D eigenvalue weighted by Crippen LogP contribution is 2.12. The minimum atomic E-state index is -0.178. The van der Waals surface area contributed by atoms with Gasteiger partial charge in [0.1, 0.15) is 18.2 Å². The molecule has 0 aliphatic rings. The van der Waals surface area contributed by atoms with Crippen LogP contribution in [0.2, 0.25) is 0 Å². The van der Waals surface area contributed by atoms with Gasteiger partial charge in [0, 0.05) is 25.7 Å². The molecule has 0 heterocycles. The maximum atomic E-state index is 13.8. The topological polar surface area (TPSA) is 48.9 Å². The van der Waals surface area contributed by atoms with Crippen molar-refractivity contribution in [2.24, 2.45) is 4.99 Å². The summed E-state index contributed by atoms with van der Waals surface area (Å²) in [5, 5.41) is 6.43. The molecule has 0 aliphatic heterocycles. The van der Waals surface area contributed by atoms with E-state index in [1.165, 1.54) is 6.07 Å². The number of nitrogens with one attached hydrogen (secondary N) is 2. The second kappa shape index (κ2) is 12.5. The summed E-state index contributed by atoms with van der Waals surface area (Å²) < 4.78 is 19.5. The highest BCUT2D eigenvalue weighted by atomic mass is 127. The molecular weight excluding hydrogens is 458 g/mol. The summed E-state index contributed by atoms with van der Waals surface area (Å²) in [5.41, 5.74) is 1.69. The predicted octanol–water partition coefficient (Wildman–Crippen LogP) is 3.25. The number of nitrogens with zero attached hydrogens (tertiary/aromatic N) is 2. The molecule has 7 heteroatoms. The fourth-order valence-corrected chi connectivity index (χ4v) is 2.46. The van der Waals surface area contributed by atoms with Crippen LogP contribution in [0.1, 0.15) is 11.1 Å². The number of ether oxygens (including phenoxy) is 1. The van der Waals surface area contributed by atoms with Crippen LogP contribution < -0.4 is 15.4 Å². The molecule has 0 fully saturated rings. The van der Waals surface area contributed by atoms with Gasteiger partial charge in [-0.15, -0.1) is 24.0 Å². The van der Waals surface area contributed by atoms with Crippen molar-refractivity contribution in [2.45, 2.75) is 13.1 Å². The molecule has 148 valence electrons. The standard InChI is InChI=1S/C20H27FN4O.HI/c1-22-20(23-11-12-26-18-7-5-4-6-8-18)24-14-16-9-10-19(21)17(13-16)15-25(2)3;/h4-10,13H,11-12,14-15H2,1-3H3,(H2,22,23,24);1H. The van der Waals surface area contributed by atoms with Gasteiger partial charge in [0.2, 0.25) is 0 Å². The van der Waals surface area contributed by atoms with E-state index in [4.69, 9.17) is 4.74 Å². The summed E-state index contributed by atoms with van der Waals surface area (Å²) in [6.07, 6.45) is 0. The molecule has 0 atom stereocenters. The summed E-state index contributed by atoms with van der Waals surface area (Å²) in [6, 6.07) is 14.9. The van der Waals surface area contributed by atoms with Crippen molar-refractivity contribution >= 4 is 29.9 Å². The predicted molar refractivity (Wildman–Crippen MR) is 119 cm³/mol. The molecule has 0 spiro atoms. The van der Waals surface area contributed by atoms with Crippen molar-refractivity contribution in [3.8, 4) is 5.75 Å². The van der Waals surface area contributed by atoms with Gasteiger partial charge in [-0.3, -0.25) is 4.99 Å². The second-order valence-corrected chi connectivity index (χ2v) is 6.18. The highest BCUT2D eigenvalue weighted by Gasteiger charge is 2.06. The Morgan fingerprint density at radius 3 is 2.52 bits per heavy atom. The van der Waals surface area contributed by atoms with E-state index in [-0.39, 0.29) is 29.8 Å². The Bertz CT molecular complexity index is 710. The third kappa shape index (κ3) is 8.57. The first-order valence-corrected chi connectivity index (χ1v) is 8.63. The number of rotatable bonds is 8. The number of aliphatic imine (C=N–C) groups is 1. The molecule has 0 saturated carbocycles. The van der Waals surface area contributed by atoms with Gasteiger partial charge in [0.05, 0.1) is 6.54 Å². The van der Waals surface area contributed by atoms with Crippen LogP contribution in [0.25, 0.3) is 0 Å². The van der Waals surface area contributed by atoms with E-state index >= 15 is 0 Å². The minimum Gasteiger partial charge on any atom is -0.492 e. The van der Waals surface area contributed by atoms with E-state index in [1.807, 2.05) is 55.4 Å². The molecule has 0 aliphatic carbocycles. The van der Waals surface area contributed by atoms with E-state index in [0.29, 0.717) is 37.8 Å². The fraction of sp³-hybridized carbons (Fsp3) is 0.350. The van der Waals surface area contributed by atoms with Gasteiger partial charge < -0.3 is 20.3 Å². The van der Waals surface area contributed by atoms with Crippen LogP contribution in [-0.4, -0.2) is 45.2 Å². The molecule has 0 aromatic heterocycles. The number of hydrogen-bond acceptors (Lipinski definition) is 3. The Hall–Kier alpha value is -1.87. The van der Waals surface area contributed by atoms with E-state index < -0.39 is 0 Å². The number of halogens is 2. The number of hydrogen-bond donors (Lipinski definition) is 2. The van der Waals surface area contributed by atoms with Gasteiger partial charge in [0.25, 0.3) is 0 Å². The van der Waals surface area contributed by atoms with E-state index in [1.54, 1.807) is 13.1 Å². The summed E-state index contributed by atoms with van der Waals surface area (Å²) in [5.74, 6) is 1.35. The van der Waals surface area contributed by atoms with Crippen molar-refractivity contribution in [1.82, 2.24) is 15.5 Å². The SMILES string of the molecule is CN=C(NCCOc1ccccc1)NCc1ccc(F)c(CN(C)C)c1.I. The zero-order valence-corrected chi connectivity index (χ0v) is 18.4. The summed E-state index contributed by atoms with van der Waals surface area (Å²) in [6.45, 7) is 2.31. The fourth-order valence-electron chi connectivity index (χ4n) is 2.46. The Morgan fingerprint density at radius 1 is 1.11 bits per heavy atom. The van der Waals surface area contributed by atoms with Crippen LogP contribution in [0.3, 0.4) is 0 Å². The van der Waals surface area contributed by atoms with Crippen LogP contribution in [0.15, 0.2) is 53.5 Å². The first kappa shape index (κ1) is 23.2. The number of benzene rings is 2. The third-order valence-corrected chi connectivity index (χ3v) is 3.69. The first-order chi connectivity index (χ1) is 12.6. The van der Waals surface area contributed by atoms with Gasteiger partial charge in [-0.2, -0.15) is 0 Å². The highest BCUT2D eigenvalue weighted by molar-refractivity contribution is 14.0. The van der Waals surface area contributed by atoms with Crippen molar-refractivity contribution in [3.05, 3.63) is 65.5 Å². The summed E-state index contributed by atoms with van der Waals surface area (Å²) in [7, 11) is 5.57. The molecule has 5 nitrogen and oxygen atoms in total. The van der Waals surface area contributed by atoms with Crippen LogP contribution in [0, 0.1) is 5.82 Å². The van der Waals surface area contributed by atoms with Crippen LogP contribution in [0.5, 0.6) is 5.75 Å². The van der Waals surface area contributed by atoms with E-state index in [9.17, 15) is 4.39 Å². The lowest BCUT2D eigenvalue weighted by Gasteiger charge is -2.14. The molecule has 0 unspecified atom stereocenters. The molecular formula is C20H28FIN4O. The van der Waals surface area contributed by atoms with Gasteiger partial charge in [0.15, 0.2) is 5.96 Å². The zero-order chi connectivity index (χ0) is 18.8. The van der Waals surface area contributed by atoms with Crippen molar-refractivity contribution < 1.29 is 9.13 Å². The summed E-state index contributed by atoms with van der Waals surface area (Å²) in [4.78, 5) is 6.14. The van der Waals surface area contributed by atoms with Gasteiger partial charge in [-0.1, -0.05) is 24.3 Å². The Kier molecular flexibility index (Phi) is 10.7. The Labute approximate surface area is 178 Å². The number of guanidine groups is 1. The van der Waals surface area contributed by atoms with E-state index in [2.05, 4.69) is 15.6 Å². The lowest BCUT2D eigenvalue weighted by Crippen LogP contribution is -2.38. The average Bonchev–Trinajstić information content (AvgIpc) is 2.64. The largest absolute Gasteiger partial charge is 0.492 e. The van der Waals surface area contributed by atoms with Crippen molar-refractivity contribution in [3.63, 3.8) is 0 Å². The third-order valence-electron chi connectivity index (χ3n) is 3.69. The minimum absolute atomic E-state index is 0. The smallest absolute Gasteiger partial charge is 0.191 e. The van der Waals surface area contributed by atoms with Crippen LogP contribution in [0.4, 0.5) is 4.39 Å². The molecule has 27 heavy (non-hydrogen) atoms. The van der Waals surface area contributed by atoms with Gasteiger partial charge in [-0.25, -0.2) is 4.39 Å². The Morgan fingerprint density at radius 2 is 1.85 bits per heavy atom. The van der Waals surface area contributed by atoms with Crippen LogP contribution >= 0.6 is 24.0 Å². The maximum absolute atomic E-state index is 13.8. The lowest BCUT2D eigenvalue weighted by atomic mass is 10.1. The monoisotopic (exact) mass is 486 g/mol. The first-order valence-electron chi connectivity index (χ1n) is 8.63. The van der Waals surface area contributed by atoms with Crippen molar-refractivity contribution in [1.29, 1.82) is 0 Å². The molecule has 2 rings (SSSR count). The maximum Gasteiger partial charge on any atom is 0.191 e. The molecule has 2 N–H and O–H groups in total.